The highest BCUT2D eigenvalue weighted by atomic mass is 16.6. The summed E-state index contributed by atoms with van der Waals surface area (Å²) in [5.41, 5.74) is 2.79. The summed E-state index contributed by atoms with van der Waals surface area (Å²) >= 11 is 0. The Kier molecular flexibility index (Phi) is 4.50. The molecule has 2 aliphatic carbocycles. The number of benzene rings is 1. The SMILES string of the molecule is Cc1cccc(N2CCN(CC3C(=O)O[C@@H]4C[C@@]5(C)CCC[C@H](C)C56OC6[C@H]34)CC2)c1. The summed E-state index contributed by atoms with van der Waals surface area (Å²) in [6.45, 7) is 11.8. The van der Waals surface area contributed by atoms with Gasteiger partial charge >= 0.3 is 5.97 Å². The van der Waals surface area contributed by atoms with E-state index >= 15 is 0 Å². The number of carbonyl (C=O) groups is 1. The van der Waals surface area contributed by atoms with Crippen LogP contribution in [0.4, 0.5) is 5.69 Å². The summed E-state index contributed by atoms with van der Waals surface area (Å²) < 4.78 is 12.6. The van der Waals surface area contributed by atoms with Gasteiger partial charge in [0, 0.05) is 49.7 Å². The van der Waals surface area contributed by atoms with Crippen molar-refractivity contribution in [3.8, 4) is 0 Å². The molecule has 31 heavy (non-hydrogen) atoms. The minimum atomic E-state index is -0.0291. The van der Waals surface area contributed by atoms with Crippen LogP contribution in [0.1, 0.15) is 45.1 Å². The van der Waals surface area contributed by atoms with E-state index in [4.69, 9.17) is 9.47 Å². The molecule has 6 rings (SSSR count). The van der Waals surface area contributed by atoms with E-state index in [9.17, 15) is 4.79 Å². The average molecular weight is 425 g/mol. The van der Waals surface area contributed by atoms with Crippen LogP contribution in [-0.2, 0) is 14.3 Å². The summed E-state index contributed by atoms with van der Waals surface area (Å²) in [6.07, 6.45) is 5.00. The standard InChI is InChI=1S/C26H36N2O3/c1-17-6-4-8-19(14-17)28-12-10-27(11-13-28)16-20-22-21(30-24(20)29)15-25(3)9-5-7-18(2)26(25)23(22)31-26/h4,6,8,14,18,20-23H,5,7,9-13,15-16H2,1-3H3/t18-,20?,21+,22+,23?,25+,26?/m0/s1. The minimum Gasteiger partial charge on any atom is -0.462 e. The van der Waals surface area contributed by atoms with E-state index in [1.54, 1.807) is 0 Å². The first-order valence-electron chi connectivity index (χ1n) is 12.3. The van der Waals surface area contributed by atoms with Crippen LogP contribution in [-0.4, -0.2) is 61.4 Å². The van der Waals surface area contributed by atoms with Gasteiger partial charge in [0.25, 0.3) is 0 Å². The Balaban J connectivity index is 1.14. The molecule has 0 N–H and O–H groups in total. The number of hydrogen-bond acceptors (Lipinski definition) is 5. The van der Waals surface area contributed by atoms with Crippen molar-refractivity contribution in [2.45, 2.75) is 64.3 Å². The highest BCUT2D eigenvalue weighted by Gasteiger charge is 2.78. The fourth-order valence-corrected chi connectivity index (χ4v) is 7.73. The number of hydrogen-bond donors (Lipinski definition) is 0. The van der Waals surface area contributed by atoms with Crippen molar-refractivity contribution in [1.29, 1.82) is 0 Å². The zero-order valence-electron chi connectivity index (χ0n) is 19.2. The maximum atomic E-state index is 13.0. The normalized spacial score (nSPS) is 44.3. The molecule has 5 fully saturated rings. The van der Waals surface area contributed by atoms with E-state index in [2.05, 4.69) is 54.8 Å². The number of carbonyl (C=O) groups excluding carboxylic acids is 1. The first-order valence-corrected chi connectivity index (χ1v) is 12.3. The fourth-order valence-electron chi connectivity index (χ4n) is 7.73. The summed E-state index contributed by atoms with van der Waals surface area (Å²) in [5.74, 6) is 0.831. The highest BCUT2D eigenvalue weighted by Crippen LogP contribution is 2.70. The van der Waals surface area contributed by atoms with Gasteiger partial charge in [-0.2, -0.15) is 0 Å². The molecule has 0 amide bonds. The van der Waals surface area contributed by atoms with Crippen LogP contribution in [0.3, 0.4) is 0 Å². The number of rotatable bonds is 3. The molecule has 5 nitrogen and oxygen atoms in total. The molecular formula is C26H36N2O3. The van der Waals surface area contributed by atoms with Crippen LogP contribution in [0.2, 0.25) is 0 Å². The van der Waals surface area contributed by atoms with Gasteiger partial charge in [0.2, 0.25) is 0 Å². The van der Waals surface area contributed by atoms with E-state index < -0.39 is 0 Å². The molecule has 2 saturated carbocycles. The topological polar surface area (TPSA) is 45.3 Å². The molecule has 5 heteroatoms. The van der Waals surface area contributed by atoms with E-state index in [0.29, 0.717) is 5.92 Å². The molecule has 0 radical (unpaired) electrons. The van der Waals surface area contributed by atoms with E-state index in [1.165, 1.54) is 30.5 Å². The summed E-state index contributed by atoms with van der Waals surface area (Å²) in [5, 5.41) is 0. The Hall–Kier alpha value is -1.59. The highest BCUT2D eigenvalue weighted by molar-refractivity contribution is 5.76. The Morgan fingerprint density at radius 1 is 1.19 bits per heavy atom. The molecule has 1 aromatic carbocycles. The monoisotopic (exact) mass is 424 g/mol. The van der Waals surface area contributed by atoms with Gasteiger partial charge < -0.3 is 14.4 Å². The number of epoxide rings is 1. The molecule has 0 aromatic heterocycles. The van der Waals surface area contributed by atoms with Crippen LogP contribution in [0.25, 0.3) is 0 Å². The van der Waals surface area contributed by atoms with Crippen molar-refractivity contribution in [2.75, 3.05) is 37.6 Å². The van der Waals surface area contributed by atoms with Gasteiger partial charge in [0.05, 0.1) is 12.0 Å². The fraction of sp³-hybridized carbons (Fsp3) is 0.731. The van der Waals surface area contributed by atoms with Gasteiger partial charge in [-0.3, -0.25) is 9.69 Å². The molecule has 3 aliphatic heterocycles. The number of esters is 1. The summed E-state index contributed by atoms with van der Waals surface area (Å²) in [6, 6.07) is 8.76. The van der Waals surface area contributed by atoms with Crippen LogP contribution in [0.5, 0.6) is 0 Å². The van der Waals surface area contributed by atoms with Crippen LogP contribution in [0.15, 0.2) is 24.3 Å². The second-order valence-corrected chi connectivity index (χ2v) is 11.2. The van der Waals surface area contributed by atoms with Gasteiger partial charge in [0.15, 0.2) is 0 Å². The number of fused-ring (bicyclic) bond motifs is 2. The third-order valence-corrected chi connectivity index (χ3v) is 9.39. The zero-order valence-corrected chi connectivity index (χ0v) is 19.2. The van der Waals surface area contributed by atoms with Crippen molar-refractivity contribution in [3.05, 3.63) is 29.8 Å². The number of aryl methyl sites for hydroxylation is 1. The molecule has 0 bridgehead atoms. The second-order valence-electron chi connectivity index (χ2n) is 11.2. The van der Waals surface area contributed by atoms with Gasteiger partial charge in [-0.25, -0.2) is 0 Å². The first kappa shape index (κ1) is 20.0. The van der Waals surface area contributed by atoms with Gasteiger partial charge in [-0.15, -0.1) is 0 Å². The third-order valence-electron chi connectivity index (χ3n) is 9.39. The van der Waals surface area contributed by atoms with Crippen LogP contribution >= 0.6 is 0 Å². The van der Waals surface area contributed by atoms with E-state index in [-0.39, 0.29) is 41.0 Å². The first-order chi connectivity index (χ1) is 14.9. The van der Waals surface area contributed by atoms with Crippen molar-refractivity contribution in [2.24, 2.45) is 23.2 Å². The maximum Gasteiger partial charge on any atom is 0.311 e. The largest absolute Gasteiger partial charge is 0.462 e. The number of nitrogens with zero attached hydrogens (tertiary/aromatic N) is 2. The molecule has 168 valence electrons. The maximum absolute atomic E-state index is 13.0. The van der Waals surface area contributed by atoms with Gasteiger partial charge in [-0.05, 0) is 49.8 Å². The molecule has 3 saturated heterocycles. The predicted molar refractivity (Wildman–Crippen MR) is 120 cm³/mol. The van der Waals surface area contributed by atoms with Crippen molar-refractivity contribution >= 4 is 11.7 Å². The lowest BCUT2D eigenvalue weighted by molar-refractivity contribution is -0.146. The predicted octanol–water partition coefficient (Wildman–Crippen LogP) is 3.64. The van der Waals surface area contributed by atoms with E-state index in [1.807, 2.05) is 0 Å². The molecule has 3 unspecified atom stereocenters. The third kappa shape index (κ3) is 2.92. The molecule has 1 spiro atoms. The second kappa shape index (κ2) is 6.95. The molecule has 7 atom stereocenters. The van der Waals surface area contributed by atoms with Crippen molar-refractivity contribution < 1.29 is 14.3 Å². The van der Waals surface area contributed by atoms with Gasteiger partial charge in [0.1, 0.15) is 11.7 Å². The minimum absolute atomic E-state index is 0.00249. The molecular weight excluding hydrogens is 388 g/mol. The lowest BCUT2D eigenvalue weighted by atomic mass is 9.53. The Morgan fingerprint density at radius 2 is 2.00 bits per heavy atom. The average Bonchev–Trinajstić information content (AvgIpc) is 3.43. The molecule has 1 aromatic rings. The summed E-state index contributed by atoms with van der Waals surface area (Å²) in [4.78, 5) is 17.9. The number of anilines is 1. The van der Waals surface area contributed by atoms with Crippen LogP contribution < -0.4 is 4.90 Å². The van der Waals surface area contributed by atoms with Crippen LogP contribution in [0, 0.1) is 30.1 Å². The lowest BCUT2D eigenvalue weighted by Gasteiger charge is -2.49. The number of piperazine rings is 1. The Bertz CT molecular complexity index is 881. The molecule has 5 aliphatic rings. The Labute approximate surface area is 186 Å². The van der Waals surface area contributed by atoms with E-state index in [0.717, 1.165) is 39.1 Å². The van der Waals surface area contributed by atoms with Crippen molar-refractivity contribution in [1.82, 2.24) is 4.90 Å². The molecule has 3 heterocycles. The number of ether oxygens (including phenoxy) is 2. The summed E-state index contributed by atoms with van der Waals surface area (Å²) in [7, 11) is 0. The lowest BCUT2D eigenvalue weighted by Crippen LogP contribution is -2.55. The van der Waals surface area contributed by atoms with Gasteiger partial charge in [-0.1, -0.05) is 32.4 Å². The zero-order chi connectivity index (χ0) is 21.4. The van der Waals surface area contributed by atoms with Crippen molar-refractivity contribution in [3.63, 3.8) is 0 Å². The smallest absolute Gasteiger partial charge is 0.311 e. The Morgan fingerprint density at radius 3 is 2.77 bits per heavy atom. The quantitative estimate of drug-likeness (QED) is 0.548.